The van der Waals surface area contributed by atoms with Gasteiger partial charge in [0, 0.05) is 25.5 Å². The van der Waals surface area contributed by atoms with Crippen LogP contribution in [-0.2, 0) is 0 Å². The van der Waals surface area contributed by atoms with Crippen LogP contribution >= 0.6 is 0 Å². The maximum absolute atomic E-state index is 2.49. The van der Waals surface area contributed by atoms with Gasteiger partial charge in [-0.25, -0.2) is 0 Å². The summed E-state index contributed by atoms with van der Waals surface area (Å²) >= 11 is 0. The van der Waals surface area contributed by atoms with Crippen molar-refractivity contribution < 1.29 is 0 Å². The van der Waals surface area contributed by atoms with Gasteiger partial charge >= 0.3 is 0 Å². The number of hydrogen-bond acceptors (Lipinski definition) is 2. The van der Waals surface area contributed by atoms with E-state index in [9.17, 15) is 0 Å². The molecule has 0 radical (unpaired) electrons. The van der Waals surface area contributed by atoms with Crippen molar-refractivity contribution in [2.45, 2.75) is 110 Å². The largest absolute Gasteiger partial charge is 0.359 e. The lowest BCUT2D eigenvalue weighted by Crippen LogP contribution is -2.26. The molecule has 0 aromatic carbocycles. The minimum atomic E-state index is 1.13. The highest BCUT2D eigenvalue weighted by atomic mass is 15.3. The molecule has 142 valence electrons. The smallest absolute Gasteiger partial charge is 0.0893 e. The third-order valence-corrected chi connectivity index (χ3v) is 5.20. The maximum Gasteiger partial charge on any atom is 0.0893 e. The molecule has 2 heteroatoms. The topological polar surface area (TPSA) is 6.48 Å². The van der Waals surface area contributed by atoms with E-state index in [-0.39, 0.29) is 0 Å². The normalized spacial score (nSPS) is 14.1. The Balaban J connectivity index is 1.81. The van der Waals surface area contributed by atoms with Gasteiger partial charge in [0.15, 0.2) is 0 Å². The SMILES string of the molecule is CCCCCCCCCCCCCN1C=CN(CCCCCC)C1. The first kappa shape index (κ1) is 21.4. The zero-order valence-electron chi connectivity index (χ0n) is 16.8. The van der Waals surface area contributed by atoms with Crippen LogP contribution in [0.25, 0.3) is 0 Å². The minimum Gasteiger partial charge on any atom is -0.359 e. The van der Waals surface area contributed by atoms with Gasteiger partial charge in [-0.05, 0) is 12.8 Å². The number of nitrogens with zero attached hydrogens (tertiary/aromatic N) is 2. The fourth-order valence-corrected chi connectivity index (χ4v) is 3.53. The monoisotopic (exact) mass is 336 g/mol. The van der Waals surface area contributed by atoms with Crippen molar-refractivity contribution in [2.75, 3.05) is 19.8 Å². The molecule has 0 aliphatic carbocycles. The molecule has 0 unspecified atom stereocenters. The lowest BCUT2D eigenvalue weighted by Gasteiger charge is -2.21. The Morgan fingerprint density at radius 3 is 1.25 bits per heavy atom. The molecule has 0 saturated heterocycles. The fourth-order valence-electron chi connectivity index (χ4n) is 3.53. The fraction of sp³-hybridized carbons (Fsp3) is 0.909. The number of rotatable bonds is 17. The van der Waals surface area contributed by atoms with Gasteiger partial charge < -0.3 is 9.80 Å². The van der Waals surface area contributed by atoms with E-state index in [2.05, 4.69) is 36.0 Å². The minimum absolute atomic E-state index is 1.13. The van der Waals surface area contributed by atoms with E-state index >= 15 is 0 Å². The second-order valence-corrected chi connectivity index (χ2v) is 7.66. The van der Waals surface area contributed by atoms with Crippen molar-refractivity contribution in [3.63, 3.8) is 0 Å². The van der Waals surface area contributed by atoms with Gasteiger partial charge in [-0.2, -0.15) is 0 Å². The summed E-state index contributed by atoms with van der Waals surface area (Å²) in [7, 11) is 0. The zero-order valence-corrected chi connectivity index (χ0v) is 16.8. The summed E-state index contributed by atoms with van der Waals surface area (Å²) < 4.78 is 0. The Bertz CT molecular complexity index is 288. The summed E-state index contributed by atoms with van der Waals surface area (Å²) in [6.45, 7) is 8.20. The van der Waals surface area contributed by atoms with Crippen molar-refractivity contribution in [1.82, 2.24) is 9.80 Å². The zero-order chi connectivity index (χ0) is 17.3. The highest BCUT2D eigenvalue weighted by Gasteiger charge is 2.10. The first-order valence-corrected chi connectivity index (χ1v) is 11.0. The van der Waals surface area contributed by atoms with E-state index in [0.29, 0.717) is 0 Å². The summed E-state index contributed by atoms with van der Waals surface area (Å²) in [5.74, 6) is 0. The van der Waals surface area contributed by atoms with Crippen LogP contribution in [0, 0.1) is 0 Å². The molecule has 0 saturated carbocycles. The van der Waals surface area contributed by atoms with Crippen molar-refractivity contribution in [3.8, 4) is 0 Å². The van der Waals surface area contributed by atoms with E-state index in [1.165, 1.54) is 109 Å². The van der Waals surface area contributed by atoms with E-state index in [1.54, 1.807) is 0 Å². The predicted octanol–water partition coefficient (Wildman–Crippen LogP) is 6.92. The molecule has 0 amide bonds. The number of unbranched alkanes of at least 4 members (excludes halogenated alkanes) is 13. The summed E-state index contributed by atoms with van der Waals surface area (Å²) in [6, 6.07) is 0. The van der Waals surface area contributed by atoms with E-state index < -0.39 is 0 Å². The highest BCUT2D eigenvalue weighted by molar-refractivity contribution is 4.90. The molecular formula is C22H44N2. The van der Waals surface area contributed by atoms with Crippen LogP contribution in [0.4, 0.5) is 0 Å². The average Bonchev–Trinajstić information content (AvgIpc) is 3.04. The molecule has 1 aliphatic heterocycles. The van der Waals surface area contributed by atoms with Gasteiger partial charge in [-0.3, -0.25) is 0 Å². The molecule has 1 rings (SSSR count). The quantitative estimate of drug-likeness (QED) is 0.266. The number of hydrogen-bond donors (Lipinski definition) is 0. The van der Waals surface area contributed by atoms with E-state index in [0.717, 1.165) is 6.67 Å². The van der Waals surface area contributed by atoms with E-state index in [1.807, 2.05) is 0 Å². The molecule has 0 N–H and O–H groups in total. The lowest BCUT2D eigenvalue weighted by atomic mass is 10.1. The molecule has 0 bridgehead atoms. The van der Waals surface area contributed by atoms with E-state index in [4.69, 9.17) is 0 Å². The molecule has 2 nitrogen and oxygen atoms in total. The van der Waals surface area contributed by atoms with Crippen LogP contribution in [0.5, 0.6) is 0 Å². The van der Waals surface area contributed by atoms with Gasteiger partial charge in [-0.15, -0.1) is 0 Å². The predicted molar refractivity (Wildman–Crippen MR) is 108 cm³/mol. The third kappa shape index (κ3) is 11.8. The maximum atomic E-state index is 2.49. The first-order chi connectivity index (χ1) is 11.9. The van der Waals surface area contributed by atoms with Crippen molar-refractivity contribution in [1.29, 1.82) is 0 Å². The summed E-state index contributed by atoms with van der Waals surface area (Å²) in [5.41, 5.74) is 0. The molecule has 0 aromatic rings. The van der Waals surface area contributed by atoms with Crippen LogP contribution in [0.1, 0.15) is 110 Å². The van der Waals surface area contributed by atoms with Crippen LogP contribution < -0.4 is 0 Å². The second kappa shape index (κ2) is 15.8. The van der Waals surface area contributed by atoms with Crippen molar-refractivity contribution in [3.05, 3.63) is 12.4 Å². The molecule has 1 heterocycles. The Kier molecular flexibility index (Phi) is 14.1. The van der Waals surface area contributed by atoms with Crippen LogP contribution in [-0.4, -0.2) is 29.6 Å². The molecule has 0 atom stereocenters. The highest BCUT2D eigenvalue weighted by Crippen LogP contribution is 2.13. The Morgan fingerprint density at radius 1 is 0.500 bits per heavy atom. The van der Waals surface area contributed by atoms with Gasteiger partial charge in [0.1, 0.15) is 0 Å². The van der Waals surface area contributed by atoms with Crippen molar-refractivity contribution in [2.24, 2.45) is 0 Å². The van der Waals surface area contributed by atoms with Gasteiger partial charge in [0.2, 0.25) is 0 Å². The average molecular weight is 337 g/mol. The molecule has 24 heavy (non-hydrogen) atoms. The summed E-state index contributed by atoms with van der Waals surface area (Å²) in [4.78, 5) is 4.97. The molecular weight excluding hydrogens is 292 g/mol. The Morgan fingerprint density at radius 2 is 0.833 bits per heavy atom. The molecule has 0 aromatic heterocycles. The lowest BCUT2D eigenvalue weighted by molar-refractivity contribution is 0.257. The van der Waals surface area contributed by atoms with Crippen LogP contribution in [0.15, 0.2) is 12.4 Å². The van der Waals surface area contributed by atoms with Crippen molar-refractivity contribution >= 4 is 0 Å². The summed E-state index contributed by atoms with van der Waals surface area (Å²) in [5, 5.41) is 0. The first-order valence-electron chi connectivity index (χ1n) is 11.0. The molecule has 1 aliphatic rings. The Hall–Kier alpha value is -0.660. The second-order valence-electron chi connectivity index (χ2n) is 7.66. The van der Waals surface area contributed by atoms with Crippen LogP contribution in [0.2, 0.25) is 0 Å². The molecule has 0 spiro atoms. The third-order valence-electron chi connectivity index (χ3n) is 5.20. The summed E-state index contributed by atoms with van der Waals surface area (Å²) in [6.07, 6.45) is 25.8. The Labute approximate surface area is 152 Å². The standard InChI is InChI=1S/C22H44N2/c1-3-5-7-9-10-11-12-13-14-15-17-19-24-21-20-23(22-24)18-16-8-6-4-2/h20-21H,3-19,22H2,1-2H3. The molecule has 0 fully saturated rings. The van der Waals surface area contributed by atoms with Gasteiger partial charge in [0.25, 0.3) is 0 Å². The van der Waals surface area contributed by atoms with Gasteiger partial charge in [-0.1, -0.05) is 97.3 Å². The van der Waals surface area contributed by atoms with Gasteiger partial charge in [0.05, 0.1) is 6.67 Å². The van der Waals surface area contributed by atoms with Crippen LogP contribution in [0.3, 0.4) is 0 Å².